The molecule has 0 atom stereocenters. The number of nitrogens with one attached hydrogen (secondary N) is 1. The number of benzene rings is 1. The number of carbonyl (C=O) groups is 3. The minimum absolute atomic E-state index is 0.101. The van der Waals surface area contributed by atoms with Crippen molar-refractivity contribution in [1.82, 2.24) is 0 Å². The third-order valence-electron chi connectivity index (χ3n) is 2.04. The van der Waals surface area contributed by atoms with E-state index in [4.69, 9.17) is 5.73 Å². The van der Waals surface area contributed by atoms with Crippen LogP contribution >= 0.6 is 0 Å². The zero-order valence-corrected chi connectivity index (χ0v) is 9.85. The van der Waals surface area contributed by atoms with Crippen LogP contribution in [0.4, 0.5) is 10.5 Å². The molecular weight excluding hydrogens is 240 g/mol. The summed E-state index contributed by atoms with van der Waals surface area (Å²) in [4.78, 5) is 33.5. The standard InChI is InChI=1S/C11H12N2O5/c1-17-9(14)6-3-7(10(15)18-2)5-8(4-6)13-11(12)16/h3-5H,1-2H3,(H3,12,13,16). The van der Waals surface area contributed by atoms with Gasteiger partial charge in [-0.1, -0.05) is 0 Å². The SMILES string of the molecule is COC(=O)c1cc(NC(N)=O)cc(C(=O)OC)c1. The molecule has 0 aliphatic rings. The fraction of sp³-hybridized carbons (Fsp3) is 0.182. The van der Waals surface area contributed by atoms with Gasteiger partial charge in [-0.3, -0.25) is 0 Å². The van der Waals surface area contributed by atoms with Gasteiger partial charge in [0.05, 0.1) is 25.3 Å². The molecule has 1 aromatic carbocycles. The van der Waals surface area contributed by atoms with Crippen molar-refractivity contribution in [2.45, 2.75) is 0 Å². The van der Waals surface area contributed by atoms with Crippen molar-refractivity contribution in [2.75, 3.05) is 19.5 Å². The second kappa shape index (κ2) is 5.67. The maximum absolute atomic E-state index is 11.4. The van der Waals surface area contributed by atoms with Crippen LogP contribution in [-0.2, 0) is 9.47 Å². The highest BCUT2D eigenvalue weighted by molar-refractivity contribution is 5.98. The van der Waals surface area contributed by atoms with E-state index in [-0.39, 0.29) is 16.8 Å². The lowest BCUT2D eigenvalue weighted by Gasteiger charge is -2.07. The smallest absolute Gasteiger partial charge is 0.337 e. The number of rotatable bonds is 3. The molecule has 96 valence electrons. The van der Waals surface area contributed by atoms with E-state index in [0.717, 1.165) is 0 Å². The highest BCUT2D eigenvalue weighted by Gasteiger charge is 2.14. The Bertz CT molecular complexity index is 464. The number of primary amides is 1. The van der Waals surface area contributed by atoms with Crippen molar-refractivity contribution >= 4 is 23.7 Å². The zero-order valence-electron chi connectivity index (χ0n) is 9.85. The Labute approximate surface area is 103 Å². The van der Waals surface area contributed by atoms with Gasteiger partial charge in [-0.05, 0) is 18.2 Å². The fourth-order valence-electron chi connectivity index (χ4n) is 1.31. The minimum Gasteiger partial charge on any atom is -0.465 e. The van der Waals surface area contributed by atoms with Gasteiger partial charge in [-0.2, -0.15) is 0 Å². The molecule has 0 aromatic heterocycles. The Kier molecular flexibility index (Phi) is 4.25. The first-order valence-corrected chi connectivity index (χ1v) is 4.86. The summed E-state index contributed by atoms with van der Waals surface area (Å²) < 4.78 is 9.06. The summed E-state index contributed by atoms with van der Waals surface area (Å²) in [5.41, 5.74) is 5.36. The number of esters is 2. The first-order chi connectivity index (χ1) is 8.47. The van der Waals surface area contributed by atoms with Gasteiger partial charge >= 0.3 is 18.0 Å². The molecule has 0 aliphatic heterocycles. The van der Waals surface area contributed by atoms with Gasteiger partial charge in [0.2, 0.25) is 0 Å². The third-order valence-corrected chi connectivity index (χ3v) is 2.04. The predicted molar refractivity (Wildman–Crippen MR) is 62.3 cm³/mol. The van der Waals surface area contributed by atoms with Gasteiger partial charge in [0.25, 0.3) is 0 Å². The lowest BCUT2D eigenvalue weighted by Crippen LogP contribution is -2.20. The average molecular weight is 252 g/mol. The average Bonchev–Trinajstić information content (AvgIpc) is 2.35. The molecule has 0 unspecified atom stereocenters. The normalized spacial score (nSPS) is 9.44. The maximum Gasteiger partial charge on any atom is 0.337 e. The number of urea groups is 1. The van der Waals surface area contributed by atoms with Crippen molar-refractivity contribution in [3.63, 3.8) is 0 Å². The van der Waals surface area contributed by atoms with E-state index in [1.807, 2.05) is 0 Å². The summed E-state index contributed by atoms with van der Waals surface area (Å²) in [5.74, 6) is -1.29. The summed E-state index contributed by atoms with van der Waals surface area (Å²) >= 11 is 0. The summed E-state index contributed by atoms with van der Waals surface area (Å²) in [7, 11) is 2.41. The molecule has 0 spiro atoms. The van der Waals surface area contributed by atoms with E-state index in [0.29, 0.717) is 0 Å². The van der Waals surface area contributed by atoms with Crippen molar-refractivity contribution in [3.05, 3.63) is 29.3 Å². The predicted octanol–water partition coefficient (Wildman–Crippen LogP) is 0.750. The lowest BCUT2D eigenvalue weighted by molar-refractivity contribution is 0.0599. The second-order valence-corrected chi connectivity index (χ2v) is 3.27. The Morgan fingerprint density at radius 2 is 1.44 bits per heavy atom. The number of hydrogen-bond donors (Lipinski definition) is 2. The molecule has 2 amide bonds. The maximum atomic E-state index is 11.4. The monoisotopic (exact) mass is 252 g/mol. The van der Waals surface area contributed by atoms with Crippen LogP contribution in [0.15, 0.2) is 18.2 Å². The molecule has 0 radical (unpaired) electrons. The Hall–Kier alpha value is -2.57. The molecule has 0 fully saturated rings. The van der Waals surface area contributed by atoms with Gasteiger partial charge in [0.15, 0.2) is 0 Å². The van der Waals surface area contributed by atoms with Gasteiger partial charge in [0.1, 0.15) is 0 Å². The number of amides is 2. The molecule has 0 heterocycles. The summed E-state index contributed by atoms with van der Waals surface area (Å²) in [5, 5.41) is 2.27. The van der Waals surface area contributed by atoms with Gasteiger partial charge in [-0.25, -0.2) is 14.4 Å². The van der Waals surface area contributed by atoms with E-state index < -0.39 is 18.0 Å². The highest BCUT2D eigenvalue weighted by atomic mass is 16.5. The fourth-order valence-corrected chi connectivity index (χ4v) is 1.31. The molecule has 3 N–H and O–H groups in total. The van der Waals surface area contributed by atoms with Crippen LogP contribution in [0, 0.1) is 0 Å². The summed E-state index contributed by atoms with van der Waals surface area (Å²) in [6, 6.07) is 3.16. The second-order valence-electron chi connectivity index (χ2n) is 3.27. The van der Waals surface area contributed by atoms with Crippen molar-refractivity contribution < 1.29 is 23.9 Å². The van der Waals surface area contributed by atoms with Gasteiger partial charge in [0, 0.05) is 5.69 Å². The Balaban J connectivity index is 3.23. The molecule has 7 heteroatoms. The Morgan fingerprint density at radius 1 is 1.00 bits per heavy atom. The van der Waals surface area contributed by atoms with Crippen LogP contribution < -0.4 is 11.1 Å². The van der Waals surface area contributed by atoms with Gasteiger partial charge < -0.3 is 20.5 Å². The first-order valence-electron chi connectivity index (χ1n) is 4.86. The molecule has 0 saturated heterocycles. The third kappa shape index (κ3) is 3.21. The number of methoxy groups -OCH3 is 2. The minimum atomic E-state index is -0.812. The van der Waals surface area contributed by atoms with Crippen molar-refractivity contribution in [3.8, 4) is 0 Å². The molecule has 0 aliphatic carbocycles. The van der Waals surface area contributed by atoms with E-state index >= 15 is 0 Å². The molecule has 0 bridgehead atoms. The molecular formula is C11H12N2O5. The topological polar surface area (TPSA) is 108 Å². The number of hydrogen-bond acceptors (Lipinski definition) is 5. The van der Waals surface area contributed by atoms with Crippen molar-refractivity contribution in [1.29, 1.82) is 0 Å². The Morgan fingerprint density at radius 3 is 1.78 bits per heavy atom. The number of ether oxygens (including phenoxy) is 2. The summed E-state index contributed by atoms with van der Waals surface area (Å²) in [6.45, 7) is 0. The lowest BCUT2D eigenvalue weighted by atomic mass is 10.1. The summed E-state index contributed by atoms with van der Waals surface area (Å²) in [6.07, 6.45) is 0. The van der Waals surface area contributed by atoms with Crippen LogP contribution in [0.3, 0.4) is 0 Å². The number of nitrogens with two attached hydrogens (primary N) is 1. The van der Waals surface area contributed by atoms with Crippen molar-refractivity contribution in [2.24, 2.45) is 5.73 Å². The highest BCUT2D eigenvalue weighted by Crippen LogP contribution is 2.16. The molecule has 18 heavy (non-hydrogen) atoms. The number of anilines is 1. The van der Waals surface area contributed by atoms with E-state index in [1.165, 1.54) is 32.4 Å². The largest absolute Gasteiger partial charge is 0.465 e. The van der Waals surface area contributed by atoms with E-state index in [1.54, 1.807) is 0 Å². The zero-order chi connectivity index (χ0) is 13.7. The van der Waals surface area contributed by atoms with E-state index in [2.05, 4.69) is 14.8 Å². The van der Waals surface area contributed by atoms with Gasteiger partial charge in [-0.15, -0.1) is 0 Å². The van der Waals surface area contributed by atoms with Crippen LogP contribution in [-0.4, -0.2) is 32.2 Å². The molecule has 7 nitrogen and oxygen atoms in total. The first kappa shape index (κ1) is 13.5. The molecule has 1 aromatic rings. The molecule has 0 saturated carbocycles. The van der Waals surface area contributed by atoms with E-state index in [9.17, 15) is 14.4 Å². The quantitative estimate of drug-likeness (QED) is 0.772. The van der Waals surface area contributed by atoms with Crippen LogP contribution in [0.1, 0.15) is 20.7 Å². The van der Waals surface area contributed by atoms with Crippen LogP contribution in [0.5, 0.6) is 0 Å². The van der Waals surface area contributed by atoms with Crippen LogP contribution in [0.25, 0.3) is 0 Å². The molecule has 1 rings (SSSR count). The number of carbonyl (C=O) groups excluding carboxylic acids is 3. The van der Waals surface area contributed by atoms with Crippen LogP contribution in [0.2, 0.25) is 0 Å².